The third-order valence-corrected chi connectivity index (χ3v) is 4.54. The van der Waals surface area contributed by atoms with Gasteiger partial charge in [0.25, 0.3) is 0 Å². The van der Waals surface area contributed by atoms with Crippen LogP contribution in [0.3, 0.4) is 0 Å². The normalized spacial score (nSPS) is 11.7. The van der Waals surface area contributed by atoms with Gasteiger partial charge in [-0.05, 0) is 58.3 Å². The van der Waals surface area contributed by atoms with Crippen molar-refractivity contribution in [1.82, 2.24) is 5.32 Å². The fourth-order valence-electron chi connectivity index (χ4n) is 3.18. The third kappa shape index (κ3) is 2.97. The van der Waals surface area contributed by atoms with E-state index in [1.807, 2.05) is 20.8 Å². The lowest BCUT2D eigenvalue weighted by atomic mass is 10.0. The van der Waals surface area contributed by atoms with Crippen LogP contribution in [-0.2, 0) is 6.54 Å². The highest BCUT2D eigenvalue weighted by Crippen LogP contribution is 2.34. The van der Waals surface area contributed by atoms with Crippen molar-refractivity contribution in [2.45, 2.75) is 40.2 Å². The summed E-state index contributed by atoms with van der Waals surface area (Å²) >= 11 is 0. The van der Waals surface area contributed by atoms with Crippen molar-refractivity contribution < 1.29 is 8.83 Å². The fourth-order valence-corrected chi connectivity index (χ4v) is 3.18. The molecule has 3 N–H and O–H groups in total. The number of fused-ring (bicyclic) bond motifs is 2. The quantitative estimate of drug-likeness (QED) is 0.536. The van der Waals surface area contributed by atoms with Gasteiger partial charge in [0, 0.05) is 34.5 Å². The molecular weight excluding hydrogens is 304 g/mol. The molecule has 0 saturated heterocycles. The number of hydrogen-bond donors (Lipinski definition) is 2. The maximum atomic E-state index is 11.7. The molecule has 3 rings (SSSR count). The molecule has 0 bridgehead atoms. The minimum atomic E-state index is -0.326. The summed E-state index contributed by atoms with van der Waals surface area (Å²) in [5.74, 6) is 0.898. The lowest BCUT2D eigenvalue weighted by Crippen LogP contribution is -2.16. The maximum Gasteiger partial charge on any atom is 0.336 e. The van der Waals surface area contributed by atoms with Gasteiger partial charge in [0.15, 0.2) is 0 Å². The smallest absolute Gasteiger partial charge is 0.336 e. The van der Waals surface area contributed by atoms with E-state index < -0.39 is 0 Å². The number of furan rings is 1. The number of nitrogens with one attached hydrogen (secondary N) is 1. The molecule has 128 valence electrons. The molecular formula is C19H24N2O3. The fraction of sp³-hybridized carbons (Fsp3) is 0.421. The van der Waals surface area contributed by atoms with Gasteiger partial charge in [0.2, 0.25) is 0 Å². The lowest BCUT2D eigenvalue weighted by molar-refractivity contribution is 0.548. The van der Waals surface area contributed by atoms with E-state index in [0.717, 1.165) is 71.3 Å². The third-order valence-electron chi connectivity index (χ3n) is 4.54. The van der Waals surface area contributed by atoms with Crippen molar-refractivity contribution in [2.24, 2.45) is 5.73 Å². The van der Waals surface area contributed by atoms with Crippen molar-refractivity contribution >= 4 is 21.9 Å². The van der Waals surface area contributed by atoms with E-state index in [2.05, 4.69) is 11.4 Å². The number of benzene rings is 1. The highest BCUT2D eigenvalue weighted by molar-refractivity contribution is 5.99. The molecule has 0 saturated carbocycles. The summed E-state index contributed by atoms with van der Waals surface area (Å²) in [5, 5.41) is 5.50. The first kappa shape index (κ1) is 16.7. The number of rotatable bonds is 6. The Morgan fingerprint density at radius 1 is 1.04 bits per heavy atom. The van der Waals surface area contributed by atoms with E-state index in [1.165, 1.54) is 6.07 Å². The van der Waals surface area contributed by atoms with Gasteiger partial charge in [0.05, 0.1) is 0 Å². The summed E-state index contributed by atoms with van der Waals surface area (Å²) < 4.78 is 11.4. The van der Waals surface area contributed by atoms with Crippen molar-refractivity contribution in [1.29, 1.82) is 0 Å². The Balaban J connectivity index is 2.05. The van der Waals surface area contributed by atoms with Gasteiger partial charge in [0.1, 0.15) is 16.9 Å². The van der Waals surface area contributed by atoms with Gasteiger partial charge in [-0.3, -0.25) is 0 Å². The zero-order chi connectivity index (χ0) is 17.3. The highest BCUT2D eigenvalue weighted by Gasteiger charge is 2.17. The first-order chi connectivity index (χ1) is 11.5. The topological polar surface area (TPSA) is 81.4 Å². The molecule has 0 aliphatic heterocycles. The van der Waals surface area contributed by atoms with Crippen molar-refractivity contribution in [3.8, 4) is 0 Å². The average molecular weight is 328 g/mol. The number of unbranched alkanes of at least 4 members (excludes halogenated alkanes) is 1. The molecule has 0 aliphatic rings. The Labute approximate surface area is 140 Å². The molecule has 1 aromatic carbocycles. The van der Waals surface area contributed by atoms with Crippen molar-refractivity contribution in [2.75, 3.05) is 13.1 Å². The summed E-state index contributed by atoms with van der Waals surface area (Å²) in [6, 6.07) is 3.61. The summed E-state index contributed by atoms with van der Waals surface area (Å²) in [5.41, 5.74) is 9.57. The molecule has 0 spiro atoms. The standard InChI is InChI=1S/C19H24N2O3/c1-11-8-17(22)24-18-12(2)19-15(9-14(11)18)16(13(3)23-19)10-21-7-5-4-6-20/h8-9,21H,4-7,10,20H2,1-3H3. The summed E-state index contributed by atoms with van der Waals surface area (Å²) in [4.78, 5) is 11.7. The van der Waals surface area contributed by atoms with Gasteiger partial charge >= 0.3 is 5.63 Å². The molecule has 5 heteroatoms. The Morgan fingerprint density at radius 3 is 2.54 bits per heavy atom. The molecule has 0 unspecified atom stereocenters. The number of nitrogens with two attached hydrogens (primary N) is 1. The van der Waals surface area contributed by atoms with E-state index in [1.54, 1.807) is 0 Å². The number of aryl methyl sites for hydroxylation is 3. The molecule has 24 heavy (non-hydrogen) atoms. The number of hydrogen-bond acceptors (Lipinski definition) is 5. The van der Waals surface area contributed by atoms with Crippen molar-refractivity contribution in [3.05, 3.63) is 45.0 Å². The molecule has 0 amide bonds. The molecule has 0 radical (unpaired) electrons. The SMILES string of the molecule is Cc1oc2c(C)c3oc(=O)cc(C)c3cc2c1CNCCCCN. The highest BCUT2D eigenvalue weighted by atomic mass is 16.4. The summed E-state index contributed by atoms with van der Waals surface area (Å²) in [6.45, 7) is 8.26. The zero-order valence-corrected chi connectivity index (χ0v) is 14.5. The maximum absolute atomic E-state index is 11.7. The van der Waals surface area contributed by atoms with Crippen LogP contribution in [0, 0.1) is 20.8 Å². The predicted octanol–water partition coefficient (Wildman–Crippen LogP) is 3.29. The largest absolute Gasteiger partial charge is 0.461 e. The van der Waals surface area contributed by atoms with E-state index in [-0.39, 0.29) is 5.63 Å². The minimum Gasteiger partial charge on any atom is -0.461 e. The van der Waals surface area contributed by atoms with Crippen molar-refractivity contribution in [3.63, 3.8) is 0 Å². The molecule has 2 aromatic heterocycles. The molecule has 3 aromatic rings. The second kappa shape index (κ2) is 6.79. The second-order valence-electron chi connectivity index (χ2n) is 6.31. The van der Waals surface area contributed by atoms with Gasteiger partial charge in [-0.1, -0.05) is 0 Å². The molecule has 2 heterocycles. The Morgan fingerprint density at radius 2 is 1.79 bits per heavy atom. The Kier molecular flexibility index (Phi) is 4.73. The molecule has 0 aliphatic carbocycles. The van der Waals surface area contributed by atoms with E-state index in [4.69, 9.17) is 14.6 Å². The van der Waals surface area contributed by atoms with Crippen LogP contribution < -0.4 is 16.7 Å². The van der Waals surface area contributed by atoms with Crippen LogP contribution in [0.1, 0.15) is 35.3 Å². The van der Waals surface area contributed by atoms with Gasteiger partial charge in [-0.25, -0.2) is 4.79 Å². The predicted molar refractivity (Wildman–Crippen MR) is 96.5 cm³/mol. The first-order valence-electron chi connectivity index (χ1n) is 8.39. The van der Waals surface area contributed by atoms with E-state index in [9.17, 15) is 4.79 Å². The van der Waals surface area contributed by atoms with Crippen LogP contribution in [0.4, 0.5) is 0 Å². The Bertz CT molecular complexity index is 937. The zero-order valence-electron chi connectivity index (χ0n) is 14.5. The van der Waals surface area contributed by atoms with Crippen LogP contribution in [0.25, 0.3) is 21.9 Å². The molecule has 0 fully saturated rings. The van der Waals surface area contributed by atoms with E-state index >= 15 is 0 Å². The van der Waals surface area contributed by atoms with Gasteiger partial charge < -0.3 is 19.9 Å². The summed E-state index contributed by atoms with van der Waals surface area (Å²) in [7, 11) is 0. The van der Waals surface area contributed by atoms with Crippen LogP contribution >= 0.6 is 0 Å². The lowest BCUT2D eigenvalue weighted by Gasteiger charge is -2.06. The van der Waals surface area contributed by atoms with Gasteiger partial charge in [-0.2, -0.15) is 0 Å². The monoisotopic (exact) mass is 328 g/mol. The van der Waals surface area contributed by atoms with E-state index in [0.29, 0.717) is 5.58 Å². The average Bonchev–Trinajstić information content (AvgIpc) is 2.85. The first-order valence-corrected chi connectivity index (χ1v) is 8.39. The van der Waals surface area contributed by atoms with Crippen LogP contribution in [0.15, 0.2) is 25.8 Å². The van der Waals surface area contributed by atoms with Crippen LogP contribution in [0.2, 0.25) is 0 Å². The summed E-state index contributed by atoms with van der Waals surface area (Å²) in [6.07, 6.45) is 2.09. The van der Waals surface area contributed by atoms with Crippen LogP contribution in [0.5, 0.6) is 0 Å². The van der Waals surface area contributed by atoms with Gasteiger partial charge in [-0.15, -0.1) is 0 Å². The minimum absolute atomic E-state index is 0.326. The van der Waals surface area contributed by atoms with Crippen LogP contribution in [-0.4, -0.2) is 13.1 Å². The Hall–Kier alpha value is -2.11. The molecule has 0 atom stereocenters. The second-order valence-corrected chi connectivity index (χ2v) is 6.31. The molecule has 5 nitrogen and oxygen atoms in total.